The number of carbonyl (C=O) groups excluding carboxylic acids is 1. The number of carbonyl (C=O) groups is 1. The quantitative estimate of drug-likeness (QED) is 0.302. The van der Waals surface area contributed by atoms with Gasteiger partial charge in [-0.05, 0) is 82.0 Å². The lowest BCUT2D eigenvalue weighted by Gasteiger charge is -2.25. The van der Waals surface area contributed by atoms with E-state index in [2.05, 4.69) is 37.2 Å². The molecule has 0 radical (unpaired) electrons. The van der Waals surface area contributed by atoms with Crippen molar-refractivity contribution >= 4 is 28.3 Å². The van der Waals surface area contributed by atoms with Gasteiger partial charge in [0.1, 0.15) is 12.1 Å². The van der Waals surface area contributed by atoms with Crippen LogP contribution in [0.3, 0.4) is 0 Å². The van der Waals surface area contributed by atoms with Gasteiger partial charge in [0.25, 0.3) is 0 Å². The van der Waals surface area contributed by atoms with E-state index in [-0.39, 0.29) is 5.78 Å². The van der Waals surface area contributed by atoms with Gasteiger partial charge < -0.3 is 5.32 Å². The van der Waals surface area contributed by atoms with Gasteiger partial charge in [0.2, 0.25) is 0 Å². The number of aryl methyl sites for hydroxylation is 1. The van der Waals surface area contributed by atoms with E-state index in [1.807, 2.05) is 60.2 Å². The largest absolute Gasteiger partial charge is 0.339 e. The summed E-state index contributed by atoms with van der Waals surface area (Å²) < 4.78 is 3.99. The van der Waals surface area contributed by atoms with Crippen LogP contribution in [-0.4, -0.2) is 40.3 Å². The van der Waals surface area contributed by atoms with Crippen molar-refractivity contribution in [1.29, 1.82) is 0 Å². The molecule has 4 aromatic heterocycles. The number of ketones is 1. The second-order valence-corrected chi connectivity index (χ2v) is 9.75. The molecular weight excluding hydrogens is 464 g/mol. The van der Waals surface area contributed by atoms with Crippen LogP contribution < -0.4 is 5.32 Å². The second kappa shape index (κ2) is 9.24. The van der Waals surface area contributed by atoms with Crippen LogP contribution in [0.15, 0.2) is 55.0 Å². The molecule has 186 valence electrons. The molecule has 0 spiro atoms. The summed E-state index contributed by atoms with van der Waals surface area (Å²) in [7, 11) is 0. The zero-order valence-corrected chi connectivity index (χ0v) is 21.1. The van der Waals surface area contributed by atoms with Gasteiger partial charge in [0.15, 0.2) is 11.6 Å². The molecule has 1 aromatic carbocycles. The summed E-state index contributed by atoms with van der Waals surface area (Å²) >= 11 is 0. The van der Waals surface area contributed by atoms with Crippen molar-refractivity contribution in [2.24, 2.45) is 5.92 Å². The minimum Gasteiger partial charge on any atom is -0.339 e. The molecule has 0 unspecified atom stereocenters. The first kappa shape index (κ1) is 23.0. The van der Waals surface area contributed by atoms with Crippen molar-refractivity contribution in [3.63, 3.8) is 0 Å². The molecular formula is C28H28N8O. The van der Waals surface area contributed by atoms with E-state index >= 15 is 0 Å². The first-order valence-corrected chi connectivity index (χ1v) is 12.6. The summed E-state index contributed by atoms with van der Waals surface area (Å²) in [6.45, 7) is 6.45. The van der Waals surface area contributed by atoms with Crippen LogP contribution in [0, 0.1) is 19.8 Å². The standard InChI is InChI=1S/C28H28N8O/c1-17-7-11-26(34-33-17)31-21-8-10-25-24(13-21)29-16-35(25)27-12-9-22(19(3)37)28(32-27)23-14-30-36(18(23)2)15-20-5-4-6-20/h7-14,16,20H,4-6,15H2,1-3H3,(H,31,34). The fourth-order valence-electron chi connectivity index (χ4n) is 4.74. The van der Waals surface area contributed by atoms with Crippen molar-refractivity contribution < 1.29 is 4.79 Å². The van der Waals surface area contributed by atoms with Crippen LogP contribution in [0.25, 0.3) is 28.1 Å². The topological polar surface area (TPSA) is 103 Å². The number of nitrogens with zero attached hydrogens (tertiary/aromatic N) is 7. The fraction of sp³-hybridized carbons (Fsp3) is 0.286. The Morgan fingerprint density at radius 2 is 1.95 bits per heavy atom. The molecule has 0 bridgehead atoms. The van der Waals surface area contributed by atoms with Crippen LogP contribution in [-0.2, 0) is 6.54 Å². The summed E-state index contributed by atoms with van der Waals surface area (Å²) in [6, 6.07) is 13.5. The molecule has 0 aliphatic heterocycles. The third-order valence-corrected chi connectivity index (χ3v) is 7.14. The Labute approximate surface area is 214 Å². The van der Waals surface area contributed by atoms with Gasteiger partial charge in [-0.2, -0.15) is 10.2 Å². The molecule has 0 saturated heterocycles. The van der Waals surface area contributed by atoms with E-state index in [9.17, 15) is 4.79 Å². The molecule has 4 heterocycles. The van der Waals surface area contributed by atoms with Gasteiger partial charge >= 0.3 is 0 Å². The van der Waals surface area contributed by atoms with Gasteiger partial charge in [-0.25, -0.2) is 9.97 Å². The highest BCUT2D eigenvalue weighted by Gasteiger charge is 2.22. The highest BCUT2D eigenvalue weighted by Crippen LogP contribution is 2.32. The summed E-state index contributed by atoms with van der Waals surface area (Å²) in [6.07, 6.45) is 7.40. The predicted octanol–water partition coefficient (Wildman–Crippen LogP) is 5.44. The Morgan fingerprint density at radius 1 is 1.08 bits per heavy atom. The average Bonchev–Trinajstić information content (AvgIpc) is 3.45. The molecule has 5 aromatic rings. The average molecular weight is 493 g/mol. The van der Waals surface area contributed by atoms with E-state index in [1.54, 1.807) is 13.3 Å². The number of aromatic nitrogens is 7. The SMILES string of the molecule is CC(=O)c1ccc(-n2cnc3cc(Nc4ccc(C)nn4)ccc32)nc1-c1cnn(CC2CCC2)c1C. The van der Waals surface area contributed by atoms with Crippen molar-refractivity contribution in [2.75, 3.05) is 5.32 Å². The lowest BCUT2D eigenvalue weighted by Crippen LogP contribution is -2.19. The fourth-order valence-corrected chi connectivity index (χ4v) is 4.74. The third-order valence-electron chi connectivity index (χ3n) is 7.14. The monoisotopic (exact) mass is 492 g/mol. The van der Waals surface area contributed by atoms with Crippen LogP contribution in [0.1, 0.15) is 47.9 Å². The molecule has 6 rings (SSSR count). The predicted molar refractivity (Wildman–Crippen MR) is 142 cm³/mol. The Hall–Kier alpha value is -4.40. The highest BCUT2D eigenvalue weighted by atomic mass is 16.1. The smallest absolute Gasteiger partial charge is 0.161 e. The van der Waals surface area contributed by atoms with Crippen LogP contribution in [0.2, 0.25) is 0 Å². The van der Waals surface area contributed by atoms with Gasteiger partial charge in [-0.1, -0.05) is 6.42 Å². The Morgan fingerprint density at radius 3 is 2.68 bits per heavy atom. The Balaban J connectivity index is 1.35. The number of pyridine rings is 1. The summed E-state index contributed by atoms with van der Waals surface area (Å²) in [5, 5.41) is 16.2. The van der Waals surface area contributed by atoms with Crippen molar-refractivity contribution in [3.05, 3.63) is 71.9 Å². The van der Waals surface area contributed by atoms with E-state index < -0.39 is 0 Å². The molecule has 0 atom stereocenters. The third kappa shape index (κ3) is 4.37. The number of Topliss-reactive ketones (excluding diaryl/α,β-unsaturated/α-hetero) is 1. The number of imidazole rings is 1. The molecule has 1 saturated carbocycles. The lowest BCUT2D eigenvalue weighted by molar-refractivity contribution is 0.101. The summed E-state index contributed by atoms with van der Waals surface area (Å²) in [5.41, 5.74) is 6.62. The van der Waals surface area contributed by atoms with Gasteiger partial charge in [0.05, 0.1) is 28.6 Å². The van der Waals surface area contributed by atoms with E-state index in [4.69, 9.17) is 4.98 Å². The number of anilines is 2. The van der Waals surface area contributed by atoms with Gasteiger partial charge in [-0.3, -0.25) is 14.0 Å². The molecule has 1 N–H and O–H groups in total. The van der Waals surface area contributed by atoms with Crippen LogP contribution in [0.4, 0.5) is 11.5 Å². The lowest BCUT2D eigenvalue weighted by atomic mass is 9.85. The number of benzene rings is 1. The zero-order valence-electron chi connectivity index (χ0n) is 21.1. The van der Waals surface area contributed by atoms with Gasteiger partial charge in [-0.15, -0.1) is 5.10 Å². The minimum atomic E-state index is -0.0226. The summed E-state index contributed by atoms with van der Waals surface area (Å²) in [4.78, 5) is 22.1. The molecule has 37 heavy (non-hydrogen) atoms. The van der Waals surface area contributed by atoms with E-state index in [0.717, 1.165) is 40.2 Å². The molecule has 1 aliphatic carbocycles. The molecule has 1 aliphatic rings. The maximum atomic E-state index is 12.5. The second-order valence-electron chi connectivity index (χ2n) is 9.75. The molecule has 9 nitrogen and oxygen atoms in total. The molecule has 9 heteroatoms. The Bertz CT molecular complexity index is 1610. The van der Waals surface area contributed by atoms with Crippen molar-refractivity contribution in [2.45, 2.75) is 46.6 Å². The molecule has 0 amide bonds. The normalized spacial score (nSPS) is 13.6. The maximum Gasteiger partial charge on any atom is 0.161 e. The Kier molecular flexibility index (Phi) is 5.75. The van der Waals surface area contributed by atoms with Crippen molar-refractivity contribution in [1.82, 2.24) is 34.5 Å². The number of hydrogen-bond acceptors (Lipinski definition) is 7. The first-order chi connectivity index (χ1) is 18.0. The number of rotatable bonds is 7. The van der Waals surface area contributed by atoms with Crippen molar-refractivity contribution in [3.8, 4) is 17.1 Å². The molecule has 1 fully saturated rings. The zero-order chi connectivity index (χ0) is 25.5. The first-order valence-electron chi connectivity index (χ1n) is 12.6. The highest BCUT2D eigenvalue weighted by molar-refractivity contribution is 6.00. The van der Waals surface area contributed by atoms with E-state index in [1.165, 1.54) is 19.3 Å². The van der Waals surface area contributed by atoms with Crippen LogP contribution >= 0.6 is 0 Å². The van der Waals surface area contributed by atoms with Gasteiger partial charge in [0, 0.05) is 29.1 Å². The summed E-state index contributed by atoms with van der Waals surface area (Å²) in [5.74, 6) is 2.03. The maximum absolute atomic E-state index is 12.5. The number of fused-ring (bicyclic) bond motifs is 1. The van der Waals surface area contributed by atoms with E-state index in [0.29, 0.717) is 28.8 Å². The number of nitrogens with one attached hydrogen (secondary N) is 1. The number of hydrogen-bond donors (Lipinski definition) is 1. The van der Waals surface area contributed by atoms with Crippen LogP contribution in [0.5, 0.6) is 0 Å². The minimum absolute atomic E-state index is 0.0226.